The van der Waals surface area contributed by atoms with Crippen LogP contribution in [0.25, 0.3) is 0 Å². The number of benzene rings is 1. The van der Waals surface area contributed by atoms with E-state index in [9.17, 15) is 4.79 Å². The SMILES string of the molecule is CC(C)n1ncc(Nc2ccccc2N)c1C(=O)N(C)C. The smallest absolute Gasteiger partial charge is 0.273 e. The first-order chi connectivity index (χ1) is 9.91. The molecule has 2 aromatic rings. The molecular weight excluding hydrogens is 266 g/mol. The number of amides is 1. The fourth-order valence-electron chi connectivity index (χ4n) is 2.03. The van der Waals surface area contributed by atoms with Gasteiger partial charge in [0.1, 0.15) is 5.69 Å². The van der Waals surface area contributed by atoms with E-state index in [4.69, 9.17) is 5.73 Å². The molecule has 3 N–H and O–H groups in total. The molecular formula is C15H21N5O. The monoisotopic (exact) mass is 287 g/mol. The topological polar surface area (TPSA) is 76.2 Å². The summed E-state index contributed by atoms with van der Waals surface area (Å²) in [6, 6.07) is 7.52. The molecule has 0 aliphatic carbocycles. The van der Waals surface area contributed by atoms with Gasteiger partial charge >= 0.3 is 0 Å². The lowest BCUT2D eigenvalue weighted by molar-refractivity contribution is 0.0814. The molecule has 0 atom stereocenters. The van der Waals surface area contributed by atoms with Crippen LogP contribution in [0.2, 0.25) is 0 Å². The van der Waals surface area contributed by atoms with Gasteiger partial charge in [0.25, 0.3) is 5.91 Å². The second kappa shape index (κ2) is 5.87. The summed E-state index contributed by atoms with van der Waals surface area (Å²) < 4.78 is 1.71. The maximum absolute atomic E-state index is 12.4. The number of hydrogen-bond acceptors (Lipinski definition) is 4. The number of nitrogens with zero attached hydrogens (tertiary/aromatic N) is 3. The van der Waals surface area contributed by atoms with Crippen molar-refractivity contribution >= 4 is 23.0 Å². The molecule has 0 fully saturated rings. The Morgan fingerprint density at radius 3 is 2.52 bits per heavy atom. The van der Waals surface area contributed by atoms with Gasteiger partial charge in [0.05, 0.1) is 23.3 Å². The quantitative estimate of drug-likeness (QED) is 0.847. The summed E-state index contributed by atoms with van der Waals surface area (Å²) in [4.78, 5) is 14.0. The van der Waals surface area contributed by atoms with E-state index in [1.807, 2.05) is 38.1 Å². The zero-order valence-corrected chi connectivity index (χ0v) is 12.8. The molecule has 0 spiro atoms. The molecule has 0 radical (unpaired) electrons. The molecule has 0 aliphatic rings. The summed E-state index contributed by atoms with van der Waals surface area (Å²) in [6.45, 7) is 3.97. The number of rotatable bonds is 4. The van der Waals surface area contributed by atoms with E-state index >= 15 is 0 Å². The Morgan fingerprint density at radius 2 is 1.95 bits per heavy atom. The molecule has 0 saturated heterocycles. The highest BCUT2D eigenvalue weighted by molar-refractivity contribution is 5.98. The highest BCUT2D eigenvalue weighted by Crippen LogP contribution is 2.27. The highest BCUT2D eigenvalue weighted by Gasteiger charge is 2.22. The molecule has 0 unspecified atom stereocenters. The van der Waals surface area contributed by atoms with Crippen LogP contribution in [0.1, 0.15) is 30.4 Å². The Hall–Kier alpha value is -2.50. The molecule has 6 nitrogen and oxygen atoms in total. The molecule has 1 aromatic heterocycles. The van der Waals surface area contributed by atoms with Crippen molar-refractivity contribution in [2.75, 3.05) is 25.1 Å². The number of carbonyl (C=O) groups excluding carboxylic acids is 1. The molecule has 21 heavy (non-hydrogen) atoms. The second-order valence-corrected chi connectivity index (χ2v) is 5.36. The van der Waals surface area contributed by atoms with Gasteiger partial charge in [0.15, 0.2) is 0 Å². The maximum atomic E-state index is 12.4. The number of para-hydroxylation sites is 2. The Labute approximate surface area is 124 Å². The normalized spacial score (nSPS) is 10.7. The lowest BCUT2D eigenvalue weighted by Gasteiger charge is -2.17. The van der Waals surface area contributed by atoms with Crippen molar-refractivity contribution < 1.29 is 4.79 Å². The number of carbonyl (C=O) groups is 1. The molecule has 1 aromatic carbocycles. The van der Waals surface area contributed by atoms with Gasteiger partial charge in [-0.25, -0.2) is 0 Å². The second-order valence-electron chi connectivity index (χ2n) is 5.36. The van der Waals surface area contributed by atoms with Crippen molar-refractivity contribution in [3.63, 3.8) is 0 Å². The Morgan fingerprint density at radius 1 is 1.29 bits per heavy atom. The van der Waals surface area contributed by atoms with Gasteiger partial charge in [-0.05, 0) is 26.0 Å². The van der Waals surface area contributed by atoms with Crippen molar-refractivity contribution in [3.05, 3.63) is 36.2 Å². The minimum Gasteiger partial charge on any atom is -0.397 e. The summed E-state index contributed by atoms with van der Waals surface area (Å²) in [5.41, 5.74) is 8.50. The van der Waals surface area contributed by atoms with Crippen LogP contribution in [0.5, 0.6) is 0 Å². The third-order valence-corrected chi connectivity index (χ3v) is 3.12. The average Bonchev–Trinajstić information content (AvgIpc) is 2.84. The van der Waals surface area contributed by atoms with Gasteiger partial charge in [0, 0.05) is 20.1 Å². The summed E-state index contributed by atoms with van der Waals surface area (Å²) in [7, 11) is 3.45. The number of nitrogens with two attached hydrogens (primary N) is 1. The van der Waals surface area contributed by atoms with Crippen LogP contribution in [0.4, 0.5) is 17.1 Å². The first-order valence-electron chi connectivity index (χ1n) is 6.82. The molecule has 1 heterocycles. The average molecular weight is 287 g/mol. The number of hydrogen-bond donors (Lipinski definition) is 2. The Bertz CT molecular complexity index is 645. The van der Waals surface area contributed by atoms with Crippen LogP contribution in [0, 0.1) is 0 Å². The van der Waals surface area contributed by atoms with E-state index in [1.165, 1.54) is 4.90 Å². The molecule has 112 valence electrons. The van der Waals surface area contributed by atoms with Gasteiger partial charge in [-0.3, -0.25) is 9.48 Å². The third-order valence-electron chi connectivity index (χ3n) is 3.12. The standard InChI is InChI=1S/C15H21N5O/c1-10(2)20-14(15(21)19(3)4)13(9-17-20)18-12-8-6-5-7-11(12)16/h5-10,18H,16H2,1-4H3. The first-order valence-corrected chi connectivity index (χ1v) is 6.82. The zero-order chi connectivity index (χ0) is 15.6. The van der Waals surface area contributed by atoms with Crippen LogP contribution in [-0.2, 0) is 0 Å². The van der Waals surface area contributed by atoms with Gasteiger partial charge in [-0.15, -0.1) is 0 Å². The lowest BCUT2D eigenvalue weighted by Crippen LogP contribution is -2.26. The van der Waals surface area contributed by atoms with Crippen molar-refractivity contribution in [3.8, 4) is 0 Å². The summed E-state index contributed by atoms with van der Waals surface area (Å²) in [5.74, 6) is -0.0989. The van der Waals surface area contributed by atoms with Gasteiger partial charge in [-0.1, -0.05) is 12.1 Å². The Kier molecular flexibility index (Phi) is 4.16. The predicted octanol–water partition coefficient (Wildman–Crippen LogP) is 2.49. The van der Waals surface area contributed by atoms with Crippen LogP contribution in [0.15, 0.2) is 30.5 Å². The van der Waals surface area contributed by atoms with Gasteiger partial charge in [0.2, 0.25) is 0 Å². The summed E-state index contributed by atoms with van der Waals surface area (Å²) in [5, 5.41) is 7.51. The van der Waals surface area contributed by atoms with Crippen molar-refractivity contribution in [1.29, 1.82) is 0 Å². The third kappa shape index (κ3) is 2.99. The van der Waals surface area contributed by atoms with Gasteiger partial charge < -0.3 is 16.0 Å². The Balaban J connectivity index is 2.45. The minimum atomic E-state index is -0.0989. The molecule has 1 amide bonds. The molecule has 0 aliphatic heterocycles. The van der Waals surface area contributed by atoms with Crippen molar-refractivity contribution in [2.24, 2.45) is 0 Å². The molecule has 0 bridgehead atoms. The fourth-order valence-corrected chi connectivity index (χ4v) is 2.03. The van der Waals surface area contributed by atoms with E-state index < -0.39 is 0 Å². The van der Waals surface area contributed by atoms with E-state index in [-0.39, 0.29) is 11.9 Å². The van der Waals surface area contributed by atoms with Crippen molar-refractivity contribution in [2.45, 2.75) is 19.9 Å². The summed E-state index contributed by atoms with van der Waals surface area (Å²) >= 11 is 0. The van der Waals surface area contributed by atoms with Crippen molar-refractivity contribution in [1.82, 2.24) is 14.7 Å². The number of nitrogens with one attached hydrogen (secondary N) is 1. The van der Waals surface area contributed by atoms with E-state index in [1.54, 1.807) is 25.0 Å². The molecule has 0 saturated carbocycles. The number of nitrogen functional groups attached to an aromatic ring is 1. The minimum absolute atomic E-state index is 0.0903. The highest BCUT2D eigenvalue weighted by atomic mass is 16.2. The fraction of sp³-hybridized carbons (Fsp3) is 0.333. The predicted molar refractivity (Wildman–Crippen MR) is 84.8 cm³/mol. The lowest BCUT2D eigenvalue weighted by atomic mass is 10.2. The van der Waals surface area contributed by atoms with Crippen LogP contribution in [-0.4, -0.2) is 34.7 Å². The van der Waals surface area contributed by atoms with Crippen LogP contribution in [0.3, 0.4) is 0 Å². The van der Waals surface area contributed by atoms with E-state index in [2.05, 4.69) is 10.4 Å². The molecule has 6 heteroatoms. The van der Waals surface area contributed by atoms with E-state index in [0.717, 1.165) is 5.69 Å². The number of anilines is 3. The maximum Gasteiger partial charge on any atom is 0.273 e. The first kappa shape index (κ1) is 14.9. The number of aromatic nitrogens is 2. The van der Waals surface area contributed by atoms with Gasteiger partial charge in [-0.2, -0.15) is 5.10 Å². The summed E-state index contributed by atoms with van der Waals surface area (Å²) in [6.07, 6.45) is 1.66. The van der Waals surface area contributed by atoms with Crippen LogP contribution >= 0.6 is 0 Å². The van der Waals surface area contributed by atoms with Crippen LogP contribution < -0.4 is 11.1 Å². The largest absolute Gasteiger partial charge is 0.397 e. The van der Waals surface area contributed by atoms with E-state index in [0.29, 0.717) is 17.1 Å². The zero-order valence-electron chi connectivity index (χ0n) is 12.8. The molecule has 2 rings (SSSR count).